The molecule has 1 atom stereocenters. The SMILES string of the molecule is O=C(NC1CCCC1)C(c1ccc(N2CCOCC2)cc1)N(C(=O)c1ccco1)c1ccccc1Cl. The summed E-state index contributed by atoms with van der Waals surface area (Å²) in [5.41, 5.74) is 2.20. The van der Waals surface area contributed by atoms with Gasteiger partial charge in [0, 0.05) is 24.8 Å². The van der Waals surface area contributed by atoms with Crippen molar-refractivity contribution < 1.29 is 18.7 Å². The Kier molecular flexibility index (Phi) is 7.58. The van der Waals surface area contributed by atoms with E-state index in [1.807, 2.05) is 24.3 Å². The summed E-state index contributed by atoms with van der Waals surface area (Å²) in [6.45, 7) is 3.00. The maximum absolute atomic E-state index is 13.9. The van der Waals surface area contributed by atoms with Gasteiger partial charge >= 0.3 is 0 Å². The zero-order valence-electron chi connectivity index (χ0n) is 20.1. The summed E-state index contributed by atoms with van der Waals surface area (Å²) in [4.78, 5) is 31.4. The van der Waals surface area contributed by atoms with Crippen LogP contribution in [0, 0.1) is 0 Å². The molecule has 0 bridgehead atoms. The van der Waals surface area contributed by atoms with Crippen LogP contribution in [-0.2, 0) is 9.53 Å². The second-order valence-corrected chi connectivity index (χ2v) is 9.59. The number of halogens is 1. The fraction of sp³-hybridized carbons (Fsp3) is 0.357. The molecule has 188 valence electrons. The van der Waals surface area contributed by atoms with Gasteiger partial charge in [-0.15, -0.1) is 0 Å². The molecule has 1 unspecified atom stereocenters. The highest BCUT2D eigenvalue weighted by molar-refractivity contribution is 6.34. The molecule has 1 aliphatic heterocycles. The molecular formula is C28H30ClN3O4. The van der Waals surface area contributed by atoms with Crippen LogP contribution in [0.1, 0.15) is 47.8 Å². The van der Waals surface area contributed by atoms with Crippen LogP contribution >= 0.6 is 11.6 Å². The number of hydrogen-bond donors (Lipinski definition) is 1. The first-order valence-corrected chi connectivity index (χ1v) is 12.8. The summed E-state index contributed by atoms with van der Waals surface area (Å²) < 4.78 is 10.9. The van der Waals surface area contributed by atoms with Crippen molar-refractivity contribution in [3.8, 4) is 0 Å². The number of benzene rings is 2. The fourth-order valence-electron chi connectivity index (χ4n) is 4.99. The summed E-state index contributed by atoms with van der Waals surface area (Å²) in [6.07, 6.45) is 5.49. The number of hydrogen-bond acceptors (Lipinski definition) is 5. The molecule has 3 aromatic rings. The molecule has 2 aromatic carbocycles. The monoisotopic (exact) mass is 507 g/mol. The number of amides is 2. The largest absolute Gasteiger partial charge is 0.459 e. The van der Waals surface area contributed by atoms with Crippen molar-refractivity contribution in [1.82, 2.24) is 5.32 Å². The predicted octanol–water partition coefficient (Wildman–Crippen LogP) is 5.22. The van der Waals surface area contributed by atoms with Crippen LogP contribution in [-0.4, -0.2) is 44.2 Å². The number of ether oxygens (including phenoxy) is 1. The highest BCUT2D eigenvalue weighted by atomic mass is 35.5. The van der Waals surface area contributed by atoms with Crippen molar-refractivity contribution >= 4 is 34.8 Å². The van der Waals surface area contributed by atoms with E-state index in [0.717, 1.165) is 44.5 Å². The molecule has 1 saturated heterocycles. The first-order valence-electron chi connectivity index (χ1n) is 12.5. The van der Waals surface area contributed by atoms with Crippen molar-refractivity contribution in [1.29, 1.82) is 0 Å². The Balaban J connectivity index is 1.56. The number of para-hydroxylation sites is 1. The van der Waals surface area contributed by atoms with Crippen LogP contribution in [0.5, 0.6) is 0 Å². The minimum Gasteiger partial charge on any atom is -0.459 e. The number of carbonyl (C=O) groups is 2. The van der Waals surface area contributed by atoms with E-state index < -0.39 is 11.9 Å². The van der Waals surface area contributed by atoms with Gasteiger partial charge in [-0.3, -0.25) is 14.5 Å². The van der Waals surface area contributed by atoms with Gasteiger partial charge in [0.1, 0.15) is 6.04 Å². The Bertz CT molecular complexity index is 1170. The minimum atomic E-state index is -0.929. The molecule has 5 rings (SSSR count). The Hall–Kier alpha value is -3.29. The van der Waals surface area contributed by atoms with E-state index >= 15 is 0 Å². The quantitative estimate of drug-likeness (QED) is 0.474. The van der Waals surface area contributed by atoms with Gasteiger partial charge in [-0.1, -0.05) is 48.7 Å². The lowest BCUT2D eigenvalue weighted by molar-refractivity contribution is -0.123. The maximum atomic E-state index is 13.9. The Labute approximate surface area is 216 Å². The molecule has 1 N–H and O–H groups in total. The zero-order valence-corrected chi connectivity index (χ0v) is 20.8. The third-order valence-electron chi connectivity index (χ3n) is 6.86. The number of carbonyl (C=O) groups excluding carboxylic acids is 2. The average molecular weight is 508 g/mol. The Morgan fingerprint density at radius 3 is 2.36 bits per heavy atom. The van der Waals surface area contributed by atoms with Crippen molar-refractivity contribution in [3.63, 3.8) is 0 Å². The van der Waals surface area contributed by atoms with E-state index in [9.17, 15) is 9.59 Å². The molecule has 2 amide bonds. The normalized spacial score (nSPS) is 17.1. The number of anilines is 2. The number of morpholine rings is 1. The molecule has 0 radical (unpaired) electrons. The van der Waals surface area contributed by atoms with Crippen molar-refractivity contribution in [2.24, 2.45) is 0 Å². The lowest BCUT2D eigenvalue weighted by Gasteiger charge is -2.33. The first kappa shape index (κ1) is 24.4. The summed E-state index contributed by atoms with van der Waals surface area (Å²) in [7, 11) is 0. The van der Waals surface area contributed by atoms with E-state index in [2.05, 4.69) is 10.2 Å². The molecule has 2 fully saturated rings. The van der Waals surface area contributed by atoms with E-state index in [4.69, 9.17) is 20.8 Å². The van der Waals surface area contributed by atoms with Gasteiger partial charge in [-0.25, -0.2) is 0 Å². The Morgan fingerprint density at radius 2 is 1.69 bits per heavy atom. The molecule has 2 aliphatic rings. The summed E-state index contributed by atoms with van der Waals surface area (Å²) in [5, 5.41) is 3.57. The van der Waals surface area contributed by atoms with Crippen LogP contribution in [0.3, 0.4) is 0 Å². The average Bonchev–Trinajstić information content (AvgIpc) is 3.63. The molecule has 1 aliphatic carbocycles. The van der Waals surface area contributed by atoms with Gasteiger partial charge in [0.15, 0.2) is 5.76 Å². The molecule has 36 heavy (non-hydrogen) atoms. The van der Waals surface area contributed by atoms with Gasteiger partial charge in [-0.2, -0.15) is 0 Å². The molecule has 1 saturated carbocycles. The first-order chi connectivity index (χ1) is 17.6. The van der Waals surface area contributed by atoms with E-state index in [1.54, 1.807) is 36.4 Å². The molecule has 0 spiro atoms. The van der Waals surface area contributed by atoms with Crippen LogP contribution in [0.2, 0.25) is 5.02 Å². The van der Waals surface area contributed by atoms with E-state index in [0.29, 0.717) is 29.5 Å². The highest BCUT2D eigenvalue weighted by Gasteiger charge is 2.36. The fourth-order valence-corrected chi connectivity index (χ4v) is 5.22. The van der Waals surface area contributed by atoms with Crippen LogP contribution in [0.25, 0.3) is 0 Å². The van der Waals surface area contributed by atoms with Gasteiger partial charge in [-0.05, 0) is 54.8 Å². The summed E-state index contributed by atoms with van der Waals surface area (Å²) in [6, 6.07) is 17.3. The lowest BCUT2D eigenvalue weighted by Crippen LogP contribution is -2.46. The molecular weight excluding hydrogens is 478 g/mol. The number of furan rings is 1. The standard InChI is InChI=1S/C28H30ClN3O4/c29-23-8-3-4-9-24(23)32(28(34)25-10-5-17-36-25)26(27(33)30-21-6-1-2-7-21)20-11-13-22(14-12-20)31-15-18-35-19-16-31/h3-5,8-14,17,21,26H,1-2,6-7,15-16,18-19H2,(H,30,33). The number of nitrogens with one attached hydrogen (secondary N) is 1. The molecule has 7 nitrogen and oxygen atoms in total. The highest BCUT2D eigenvalue weighted by Crippen LogP contribution is 2.35. The van der Waals surface area contributed by atoms with Crippen molar-refractivity contribution in [2.45, 2.75) is 37.8 Å². The Morgan fingerprint density at radius 1 is 0.972 bits per heavy atom. The summed E-state index contributed by atoms with van der Waals surface area (Å²) >= 11 is 6.58. The molecule has 2 heterocycles. The van der Waals surface area contributed by atoms with Crippen LogP contribution in [0.4, 0.5) is 11.4 Å². The van der Waals surface area contributed by atoms with Crippen LogP contribution < -0.4 is 15.1 Å². The smallest absolute Gasteiger partial charge is 0.295 e. The predicted molar refractivity (Wildman–Crippen MR) is 140 cm³/mol. The van der Waals surface area contributed by atoms with Gasteiger partial charge in [0.2, 0.25) is 5.91 Å². The van der Waals surface area contributed by atoms with Gasteiger partial charge in [0.25, 0.3) is 5.91 Å². The maximum Gasteiger partial charge on any atom is 0.295 e. The third-order valence-corrected chi connectivity index (χ3v) is 7.18. The van der Waals surface area contributed by atoms with Crippen LogP contribution in [0.15, 0.2) is 71.3 Å². The van der Waals surface area contributed by atoms with Crippen molar-refractivity contribution in [2.75, 3.05) is 36.1 Å². The summed E-state index contributed by atoms with van der Waals surface area (Å²) in [5.74, 6) is -0.531. The van der Waals surface area contributed by atoms with Crippen molar-refractivity contribution in [3.05, 3.63) is 83.3 Å². The second kappa shape index (κ2) is 11.2. The topological polar surface area (TPSA) is 75.0 Å². The van der Waals surface area contributed by atoms with Gasteiger partial charge in [0.05, 0.1) is 30.2 Å². The molecule has 8 heteroatoms. The minimum absolute atomic E-state index is 0.0967. The molecule has 1 aromatic heterocycles. The van der Waals surface area contributed by atoms with E-state index in [1.165, 1.54) is 11.2 Å². The number of nitrogens with zero attached hydrogens (tertiary/aromatic N) is 2. The third kappa shape index (κ3) is 5.27. The zero-order chi connectivity index (χ0) is 24.9. The second-order valence-electron chi connectivity index (χ2n) is 9.19. The van der Waals surface area contributed by atoms with Gasteiger partial charge < -0.3 is 19.4 Å². The van der Waals surface area contributed by atoms with E-state index in [-0.39, 0.29) is 17.7 Å². The number of rotatable bonds is 7. The lowest BCUT2D eigenvalue weighted by atomic mass is 10.0.